The monoisotopic (exact) mass is 444 g/mol. The minimum atomic E-state index is -0.423. The van der Waals surface area contributed by atoms with Crippen LogP contribution in [0.4, 0.5) is 5.69 Å². The maximum atomic E-state index is 12.7. The highest BCUT2D eigenvalue weighted by atomic mass is 16.6. The molecular weight excluding hydrogens is 420 g/mol. The van der Waals surface area contributed by atoms with Crippen molar-refractivity contribution in [1.82, 2.24) is 15.3 Å². The Morgan fingerprint density at radius 1 is 1.18 bits per heavy atom. The molecule has 0 fully saturated rings. The number of nitrogens with zero attached hydrogens (tertiary/aromatic N) is 2. The van der Waals surface area contributed by atoms with Crippen molar-refractivity contribution in [2.24, 2.45) is 0 Å². The predicted octanol–water partition coefficient (Wildman–Crippen LogP) is 4.42. The Balaban J connectivity index is 1.72. The molecule has 0 bridgehead atoms. The third-order valence-electron chi connectivity index (χ3n) is 5.55. The van der Waals surface area contributed by atoms with E-state index in [-0.39, 0.29) is 23.9 Å². The van der Waals surface area contributed by atoms with Crippen LogP contribution in [0.15, 0.2) is 73.1 Å². The van der Waals surface area contributed by atoms with Gasteiger partial charge in [0.15, 0.2) is 0 Å². The third-order valence-corrected chi connectivity index (χ3v) is 5.55. The average molecular weight is 444 g/mol. The summed E-state index contributed by atoms with van der Waals surface area (Å²) in [5, 5.41) is 15.1. The second kappa shape index (κ2) is 10.1. The summed E-state index contributed by atoms with van der Waals surface area (Å²) in [6, 6.07) is 18.2. The summed E-state index contributed by atoms with van der Waals surface area (Å²) in [5.41, 5.74) is 4.35. The molecule has 4 aromatic rings. The Morgan fingerprint density at radius 2 is 2.06 bits per heavy atom. The van der Waals surface area contributed by atoms with Crippen molar-refractivity contribution in [3.8, 4) is 11.3 Å². The topological polar surface area (TPSA) is 110 Å². The molecule has 2 aromatic heterocycles. The number of hydrogen-bond acceptors (Lipinski definition) is 5. The third kappa shape index (κ3) is 5.07. The summed E-state index contributed by atoms with van der Waals surface area (Å²) in [4.78, 5) is 31.3. The largest absolute Gasteiger partial charge is 0.383 e. The Morgan fingerprint density at radius 3 is 2.82 bits per heavy atom. The first-order chi connectivity index (χ1) is 16.1. The number of aromatic amines is 1. The van der Waals surface area contributed by atoms with Crippen molar-refractivity contribution in [2.75, 3.05) is 20.3 Å². The lowest BCUT2D eigenvalue weighted by Gasteiger charge is -2.17. The molecular formula is C25H24N4O4. The van der Waals surface area contributed by atoms with Crippen molar-refractivity contribution in [3.63, 3.8) is 0 Å². The van der Waals surface area contributed by atoms with E-state index in [1.807, 2.05) is 48.7 Å². The van der Waals surface area contributed by atoms with E-state index in [0.29, 0.717) is 18.7 Å². The summed E-state index contributed by atoms with van der Waals surface area (Å²) >= 11 is 0. The van der Waals surface area contributed by atoms with Crippen molar-refractivity contribution < 1.29 is 14.5 Å². The van der Waals surface area contributed by atoms with Gasteiger partial charge in [0, 0.05) is 67.0 Å². The number of pyridine rings is 1. The van der Waals surface area contributed by atoms with Crippen LogP contribution in [-0.4, -0.2) is 41.1 Å². The predicted molar refractivity (Wildman–Crippen MR) is 126 cm³/mol. The van der Waals surface area contributed by atoms with E-state index in [0.717, 1.165) is 27.7 Å². The molecule has 0 spiro atoms. The van der Waals surface area contributed by atoms with Crippen LogP contribution in [0, 0.1) is 10.1 Å². The first-order valence-electron chi connectivity index (χ1n) is 10.6. The van der Waals surface area contributed by atoms with Gasteiger partial charge in [0.1, 0.15) is 0 Å². The Hall–Kier alpha value is -4.04. The van der Waals surface area contributed by atoms with Crippen molar-refractivity contribution in [1.29, 1.82) is 0 Å². The van der Waals surface area contributed by atoms with Gasteiger partial charge in [0.05, 0.1) is 17.2 Å². The first kappa shape index (κ1) is 22.2. The fourth-order valence-electron chi connectivity index (χ4n) is 3.94. The van der Waals surface area contributed by atoms with Gasteiger partial charge < -0.3 is 15.0 Å². The molecule has 0 aliphatic heterocycles. The molecule has 168 valence electrons. The molecule has 2 aromatic carbocycles. The van der Waals surface area contributed by atoms with Gasteiger partial charge in [-0.3, -0.25) is 19.9 Å². The summed E-state index contributed by atoms with van der Waals surface area (Å²) in [7, 11) is 1.57. The van der Waals surface area contributed by atoms with Crippen LogP contribution in [0.2, 0.25) is 0 Å². The number of amides is 1. The van der Waals surface area contributed by atoms with E-state index in [2.05, 4.69) is 15.3 Å². The van der Waals surface area contributed by atoms with E-state index in [9.17, 15) is 14.9 Å². The van der Waals surface area contributed by atoms with E-state index in [1.54, 1.807) is 19.4 Å². The van der Waals surface area contributed by atoms with Crippen LogP contribution in [-0.2, 0) is 9.53 Å². The molecule has 4 rings (SSSR count). The first-order valence-corrected chi connectivity index (χ1v) is 10.6. The zero-order valence-electron chi connectivity index (χ0n) is 18.2. The van der Waals surface area contributed by atoms with Crippen molar-refractivity contribution >= 4 is 22.5 Å². The summed E-state index contributed by atoms with van der Waals surface area (Å²) in [6.45, 7) is 0.814. The van der Waals surface area contributed by atoms with E-state index < -0.39 is 4.92 Å². The number of nitro groups is 1. The van der Waals surface area contributed by atoms with Gasteiger partial charge in [-0.1, -0.05) is 30.3 Å². The maximum Gasteiger partial charge on any atom is 0.269 e. The molecule has 0 saturated carbocycles. The van der Waals surface area contributed by atoms with E-state index in [1.165, 1.54) is 12.1 Å². The smallest absolute Gasteiger partial charge is 0.269 e. The Kier molecular flexibility index (Phi) is 6.75. The number of ether oxygens (including phenoxy) is 1. The highest BCUT2D eigenvalue weighted by Crippen LogP contribution is 2.36. The molecule has 0 radical (unpaired) electrons. The fourth-order valence-corrected chi connectivity index (χ4v) is 3.94. The fraction of sp³-hybridized carbons (Fsp3) is 0.200. The SMILES string of the molecule is COCCNC(=O)CC(c1cccc([N+](=O)[O-])c1)c1c[nH]c2cc(-c3ccccn3)ccc12. The van der Waals surface area contributed by atoms with Gasteiger partial charge in [0.2, 0.25) is 5.91 Å². The van der Waals surface area contributed by atoms with Crippen molar-refractivity contribution in [2.45, 2.75) is 12.3 Å². The number of hydrogen-bond donors (Lipinski definition) is 2. The van der Waals surface area contributed by atoms with Crippen LogP contribution < -0.4 is 5.32 Å². The highest BCUT2D eigenvalue weighted by molar-refractivity contribution is 5.89. The molecule has 8 nitrogen and oxygen atoms in total. The molecule has 1 atom stereocenters. The Labute approximate surface area is 190 Å². The number of methoxy groups -OCH3 is 1. The lowest BCUT2D eigenvalue weighted by atomic mass is 9.87. The van der Waals surface area contributed by atoms with Gasteiger partial charge in [0.25, 0.3) is 5.69 Å². The number of aromatic nitrogens is 2. The molecule has 1 amide bonds. The maximum absolute atomic E-state index is 12.7. The molecule has 2 N–H and O–H groups in total. The molecule has 0 aliphatic carbocycles. The van der Waals surface area contributed by atoms with Crippen LogP contribution in [0.25, 0.3) is 22.2 Å². The van der Waals surface area contributed by atoms with Gasteiger partial charge in [-0.15, -0.1) is 0 Å². The standard InChI is InChI=1S/C25H24N4O4/c1-33-12-11-27-25(30)15-21(17-5-4-6-19(13-17)29(31)32)22-16-28-24-14-18(8-9-20(22)24)23-7-2-3-10-26-23/h2-10,13-14,16,21,28H,11-12,15H2,1H3,(H,27,30). The molecule has 1 unspecified atom stereocenters. The highest BCUT2D eigenvalue weighted by Gasteiger charge is 2.23. The molecule has 0 aliphatic rings. The van der Waals surface area contributed by atoms with Gasteiger partial charge in [-0.2, -0.15) is 0 Å². The zero-order chi connectivity index (χ0) is 23.2. The van der Waals surface area contributed by atoms with Crippen molar-refractivity contribution in [3.05, 3.63) is 94.3 Å². The van der Waals surface area contributed by atoms with Crippen LogP contribution >= 0.6 is 0 Å². The minimum Gasteiger partial charge on any atom is -0.383 e. The van der Waals surface area contributed by atoms with Crippen LogP contribution in [0.3, 0.4) is 0 Å². The molecule has 0 saturated heterocycles. The number of non-ortho nitro benzene ring substituents is 1. The quantitative estimate of drug-likeness (QED) is 0.226. The number of carbonyl (C=O) groups excluding carboxylic acids is 1. The summed E-state index contributed by atoms with van der Waals surface area (Å²) in [6.07, 6.45) is 3.78. The lowest BCUT2D eigenvalue weighted by Crippen LogP contribution is -2.28. The van der Waals surface area contributed by atoms with Crippen LogP contribution in [0.1, 0.15) is 23.5 Å². The number of benzene rings is 2. The van der Waals surface area contributed by atoms with E-state index in [4.69, 9.17) is 4.74 Å². The second-order valence-electron chi connectivity index (χ2n) is 7.67. The summed E-state index contributed by atoms with van der Waals surface area (Å²) in [5.74, 6) is -0.509. The lowest BCUT2D eigenvalue weighted by molar-refractivity contribution is -0.384. The average Bonchev–Trinajstić information content (AvgIpc) is 3.26. The number of rotatable bonds is 9. The zero-order valence-corrected chi connectivity index (χ0v) is 18.2. The number of fused-ring (bicyclic) bond motifs is 1. The van der Waals surface area contributed by atoms with Crippen LogP contribution in [0.5, 0.6) is 0 Å². The Bertz CT molecular complexity index is 1270. The number of H-pyrrole nitrogens is 1. The molecule has 2 heterocycles. The number of nitrogens with one attached hydrogen (secondary N) is 2. The molecule has 8 heteroatoms. The number of nitro benzene ring substituents is 1. The second-order valence-corrected chi connectivity index (χ2v) is 7.67. The van der Waals surface area contributed by atoms with E-state index >= 15 is 0 Å². The normalized spacial score (nSPS) is 11.9. The summed E-state index contributed by atoms with van der Waals surface area (Å²) < 4.78 is 5.00. The number of carbonyl (C=O) groups is 1. The molecule has 33 heavy (non-hydrogen) atoms. The van der Waals surface area contributed by atoms with Gasteiger partial charge in [-0.05, 0) is 29.3 Å². The van der Waals surface area contributed by atoms with Gasteiger partial charge >= 0.3 is 0 Å². The minimum absolute atomic E-state index is 0.00503. The van der Waals surface area contributed by atoms with Gasteiger partial charge in [-0.25, -0.2) is 0 Å².